The Morgan fingerprint density at radius 2 is 0.649 bits per heavy atom. The number of carbonyl (C=O) groups is 2. The molecular weight excluding hydrogens is 947 g/mol. The molecule has 2 unspecified atom stereocenters. The van der Waals surface area contributed by atoms with Gasteiger partial charge in [0, 0.05) is 12.8 Å². The maximum absolute atomic E-state index is 12.5. The number of ether oxygens (including phenoxy) is 1. The van der Waals surface area contributed by atoms with Crippen molar-refractivity contribution >= 4 is 11.9 Å². The second-order valence-corrected chi connectivity index (χ2v) is 23.9. The van der Waals surface area contributed by atoms with E-state index in [-0.39, 0.29) is 18.5 Å². The highest BCUT2D eigenvalue weighted by molar-refractivity contribution is 5.76. The van der Waals surface area contributed by atoms with Gasteiger partial charge in [-0.2, -0.15) is 0 Å². The standard InChI is InChI=1S/C71H135NO5/c1-3-5-7-9-11-13-15-17-19-20-30-33-36-39-43-47-51-55-59-63-69(74)68(67-73)72-70(75)64-60-56-52-48-44-40-37-34-31-28-26-24-22-21-23-25-27-29-32-35-38-42-46-50-54-58-62-66-77-71(76)65-61-57-53-49-45-41-18-16-14-12-10-8-6-4-2/h16,18,21-22,25,27,68-69,73-74H,3-15,17,19-20,23-24,26,28-67H2,1-2H3,(H,72,75)/b18-16-,22-21-,27-25-. The molecule has 0 radical (unpaired) electrons. The Labute approximate surface area is 481 Å². The van der Waals surface area contributed by atoms with Crippen molar-refractivity contribution in [3.63, 3.8) is 0 Å². The fraction of sp³-hybridized carbons (Fsp3) is 0.887. The van der Waals surface area contributed by atoms with Crippen LogP contribution in [0.5, 0.6) is 0 Å². The maximum atomic E-state index is 12.5. The number of unbranched alkanes of at least 4 members (excludes halogenated alkanes) is 48. The van der Waals surface area contributed by atoms with Crippen molar-refractivity contribution in [1.29, 1.82) is 0 Å². The van der Waals surface area contributed by atoms with Gasteiger partial charge in [-0.15, -0.1) is 0 Å². The molecular formula is C71H135NO5. The van der Waals surface area contributed by atoms with Crippen LogP contribution in [-0.2, 0) is 14.3 Å². The van der Waals surface area contributed by atoms with Crippen LogP contribution in [0.15, 0.2) is 36.5 Å². The van der Waals surface area contributed by atoms with E-state index in [4.69, 9.17) is 4.74 Å². The van der Waals surface area contributed by atoms with Crippen LogP contribution < -0.4 is 5.32 Å². The summed E-state index contributed by atoms with van der Waals surface area (Å²) in [5.41, 5.74) is 0. The summed E-state index contributed by atoms with van der Waals surface area (Å²) in [4.78, 5) is 24.6. The Morgan fingerprint density at radius 3 is 1.00 bits per heavy atom. The highest BCUT2D eigenvalue weighted by atomic mass is 16.5. The summed E-state index contributed by atoms with van der Waals surface area (Å²) in [6.07, 6.45) is 84.7. The van der Waals surface area contributed by atoms with E-state index in [1.807, 2.05) is 0 Å². The molecule has 0 aromatic carbocycles. The minimum absolute atomic E-state index is 0.00248. The lowest BCUT2D eigenvalue weighted by Crippen LogP contribution is -2.45. The van der Waals surface area contributed by atoms with Gasteiger partial charge in [0.2, 0.25) is 5.91 Å². The number of esters is 1. The third-order valence-electron chi connectivity index (χ3n) is 16.2. The molecule has 0 aromatic rings. The first kappa shape index (κ1) is 75.1. The van der Waals surface area contributed by atoms with E-state index in [1.54, 1.807) is 0 Å². The number of hydrogen-bond donors (Lipinski definition) is 3. The van der Waals surface area contributed by atoms with Crippen molar-refractivity contribution in [2.45, 2.75) is 392 Å². The summed E-state index contributed by atoms with van der Waals surface area (Å²) in [5, 5.41) is 23.4. The summed E-state index contributed by atoms with van der Waals surface area (Å²) in [7, 11) is 0. The van der Waals surface area contributed by atoms with Crippen LogP contribution in [0.3, 0.4) is 0 Å². The zero-order valence-electron chi connectivity index (χ0n) is 52.0. The smallest absolute Gasteiger partial charge is 0.305 e. The quantitative estimate of drug-likeness (QED) is 0.0320. The monoisotopic (exact) mass is 1080 g/mol. The second-order valence-electron chi connectivity index (χ2n) is 23.9. The second kappa shape index (κ2) is 66.6. The highest BCUT2D eigenvalue weighted by Crippen LogP contribution is 2.18. The molecule has 0 bridgehead atoms. The first-order chi connectivity index (χ1) is 38.0. The lowest BCUT2D eigenvalue weighted by molar-refractivity contribution is -0.143. The minimum Gasteiger partial charge on any atom is -0.466 e. The average Bonchev–Trinajstić information content (AvgIpc) is 3.43. The van der Waals surface area contributed by atoms with E-state index < -0.39 is 12.1 Å². The van der Waals surface area contributed by atoms with Crippen molar-refractivity contribution in [1.82, 2.24) is 5.32 Å². The molecule has 0 aliphatic rings. The van der Waals surface area contributed by atoms with Crippen LogP contribution in [-0.4, -0.2) is 47.4 Å². The first-order valence-corrected chi connectivity index (χ1v) is 34.7. The van der Waals surface area contributed by atoms with Gasteiger partial charge in [-0.3, -0.25) is 9.59 Å². The Bertz CT molecular complexity index is 1250. The molecule has 0 fully saturated rings. The van der Waals surface area contributed by atoms with Crippen molar-refractivity contribution in [3.05, 3.63) is 36.5 Å². The van der Waals surface area contributed by atoms with Gasteiger partial charge in [-0.05, 0) is 83.5 Å². The lowest BCUT2D eigenvalue weighted by Gasteiger charge is -2.22. The maximum Gasteiger partial charge on any atom is 0.305 e. The third kappa shape index (κ3) is 63.1. The predicted molar refractivity (Wildman–Crippen MR) is 338 cm³/mol. The summed E-state index contributed by atoms with van der Waals surface area (Å²) in [5.74, 6) is -0.0324. The van der Waals surface area contributed by atoms with Gasteiger partial charge in [0.25, 0.3) is 0 Å². The van der Waals surface area contributed by atoms with Crippen LogP contribution in [0.25, 0.3) is 0 Å². The molecule has 6 nitrogen and oxygen atoms in total. The molecule has 0 rings (SSSR count). The minimum atomic E-state index is -0.667. The van der Waals surface area contributed by atoms with Crippen LogP contribution in [0.1, 0.15) is 380 Å². The average molecular weight is 1080 g/mol. The highest BCUT2D eigenvalue weighted by Gasteiger charge is 2.20. The third-order valence-corrected chi connectivity index (χ3v) is 16.2. The molecule has 0 spiro atoms. The van der Waals surface area contributed by atoms with E-state index in [2.05, 4.69) is 55.6 Å². The van der Waals surface area contributed by atoms with Crippen molar-refractivity contribution < 1.29 is 24.5 Å². The molecule has 77 heavy (non-hydrogen) atoms. The van der Waals surface area contributed by atoms with Crippen molar-refractivity contribution in [2.24, 2.45) is 0 Å². The number of nitrogens with one attached hydrogen (secondary N) is 1. The molecule has 0 saturated heterocycles. The van der Waals surface area contributed by atoms with Crippen molar-refractivity contribution in [2.75, 3.05) is 13.2 Å². The summed E-state index contributed by atoms with van der Waals surface area (Å²) >= 11 is 0. The lowest BCUT2D eigenvalue weighted by atomic mass is 10.0. The van der Waals surface area contributed by atoms with Crippen LogP contribution in [0.4, 0.5) is 0 Å². The fourth-order valence-corrected chi connectivity index (χ4v) is 10.8. The largest absolute Gasteiger partial charge is 0.466 e. The number of allylic oxidation sites excluding steroid dienone is 6. The van der Waals surface area contributed by atoms with E-state index in [9.17, 15) is 19.8 Å². The van der Waals surface area contributed by atoms with Gasteiger partial charge in [-0.1, -0.05) is 320 Å². The van der Waals surface area contributed by atoms with E-state index in [0.717, 1.165) is 51.4 Å². The number of carbonyl (C=O) groups excluding carboxylic acids is 2. The molecule has 0 aliphatic carbocycles. The fourth-order valence-electron chi connectivity index (χ4n) is 10.8. The number of amides is 1. The SMILES string of the molecule is CCCCCCC/C=C\CCCCCCCC(=O)OCCCCCCCCCCC/C=C\C/C=C\CCCCCCCCCCCCCC(=O)NC(CO)C(O)CCCCCCCCCCCCCCCCCCCCC. The zero-order chi connectivity index (χ0) is 55.7. The van der Waals surface area contributed by atoms with Crippen molar-refractivity contribution in [3.8, 4) is 0 Å². The zero-order valence-corrected chi connectivity index (χ0v) is 52.0. The molecule has 2 atom stereocenters. The number of hydrogen-bond acceptors (Lipinski definition) is 5. The molecule has 0 aromatic heterocycles. The molecule has 0 saturated carbocycles. The topological polar surface area (TPSA) is 95.9 Å². The normalized spacial score (nSPS) is 12.7. The Balaban J connectivity index is 3.42. The van der Waals surface area contributed by atoms with Gasteiger partial charge in [0.1, 0.15) is 0 Å². The molecule has 3 N–H and O–H groups in total. The van der Waals surface area contributed by atoms with Gasteiger partial charge in [0.05, 0.1) is 25.4 Å². The van der Waals surface area contributed by atoms with Gasteiger partial charge >= 0.3 is 5.97 Å². The summed E-state index contributed by atoms with van der Waals surface area (Å²) in [6.45, 7) is 4.97. The van der Waals surface area contributed by atoms with E-state index in [0.29, 0.717) is 25.9 Å². The Morgan fingerprint density at radius 1 is 0.364 bits per heavy atom. The summed E-state index contributed by atoms with van der Waals surface area (Å²) in [6, 6.07) is -0.545. The predicted octanol–water partition coefficient (Wildman–Crippen LogP) is 22.3. The molecule has 0 aliphatic heterocycles. The van der Waals surface area contributed by atoms with E-state index in [1.165, 1.54) is 295 Å². The van der Waals surface area contributed by atoms with Crippen LogP contribution in [0, 0.1) is 0 Å². The molecule has 454 valence electrons. The molecule has 0 heterocycles. The summed E-state index contributed by atoms with van der Waals surface area (Å²) < 4.78 is 5.48. The number of aliphatic hydroxyl groups is 2. The van der Waals surface area contributed by atoms with Gasteiger partial charge in [-0.25, -0.2) is 0 Å². The molecule has 1 amide bonds. The van der Waals surface area contributed by atoms with Gasteiger partial charge < -0.3 is 20.3 Å². The van der Waals surface area contributed by atoms with Crippen LogP contribution in [0.2, 0.25) is 0 Å². The molecule has 6 heteroatoms. The Kier molecular flexibility index (Phi) is 64.9. The number of aliphatic hydroxyl groups excluding tert-OH is 2. The van der Waals surface area contributed by atoms with E-state index >= 15 is 0 Å². The first-order valence-electron chi connectivity index (χ1n) is 34.7. The van der Waals surface area contributed by atoms with Gasteiger partial charge in [0.15, 0.2) is 0 Å². The number of rotatable bonds is 65. The van der Waals surface area contributed by atoms with Crippen LogP contribution >= 0.6 is 0 Å². The Hall–Kier alpha value is -1.92.